The summed E-state index contributed by atoms with van der Waals surface area (Å²) in [6.45, 7) is 1.87. The van der Waals surface area contributed by atoms with Crippen LogP contribution in [0.1, 0.15) is 27.7 Å². The van der Waals surface area contributed by atoms with Crippen LogP contribution < -0.4 is 5.32 Å². The van der Waals surface area contributed by atoms with Gasteiger partial charge in [0.1, 0.15) is 0 Å². The Morgan fingerprint density at radius 1 is 1.58 bits per heavy atom. The fourth-order valence-electron chi connectivity index (χ4n) is 1.53. The molecule has 0 fully saturated rings. The zero-order valence-corrected chi connectivity index (χ0v) is 11.0. The summed E-state index contributed by atoms with van der Waals surface area (Å²) in [6, 6.07) is 1.84. The summed E-state index contributed by atoms with van der Waals surface area (Å²) in [5.74, 6) is -0.751. The lowest BCUT2D eigenvalue weighted by molar-refractivity contribution is 0.0695. The first-order valence-electron chi connectivity index (χ1n) is 5.59. The molecule has 19 heavy (non-hydrogen) atoms. The third-order valence-electron chi connectivity index (χ3n) is 2.59. The molecular weight excluding hydrogens is 266 g/mol. The molecule has 0 amide bonds. The lowest BCUT2D eigenvalue weighted by atomic mass is 10.2. The molecular formula is C12H13N3O3S. The molecule has 0 spiro atoms. The monoisotopic (exact) mass is 279 g/mol. The number of aliphatic hydroxyl groups excluding tert-OH is 1. The van der Waals surface area contributed by atoms with Crippen LogP contribution in [0, 0.1) is 6.92 Å². The van der Waals surface area contributed by atoms with E-state index in [4.69, 9.17) is 5.11 Å². The second kappa shape index (κ2) is 5.77. The van der Waals surface area contributed by atoms with Crippen LogP contribution in [0.5, 0.6) is 0 Å². The molecule has 100 valence electrons. The molecule has 0 saturated heterocycles. The van der Waals surface area contributed by atoms with Gasteiger partial charge in [-0.15, -0.1) is 0 Å². The summed E-state index contributed by atoms with van der Waals surface area (Å²) < 4.78 is 0. The van der Waals surface area contributed by atoms with E-state index >= 15 is 0 Å². The fourth-order valence-corrected chi connectivity index (χ4v) is 2.24. The van der Waals surface area contributed by atoms with Crippen LogP contribution in [0.3, 0.4) is 0 Å². The van der Waals surface area contributed by atoms with Gasteiger partial charge >= 0.3 is 5.97 Å². The number of aryl methyl sites for hydroxylation is 1. The van der Waals surface area contributed by atoms with E-state index < -0.39 is 12.1 Å². The van der Waals surface area contributed by atoms with Crippen LogP contribution in [0.2, 0.25) is 0 Å². The molecule has 6 nitrogen and oxygen atoms in total. The van der Waals surface area contributed by atoms with E-state index in [2.05, 4.69) is 15.3 Å². The van der Waals surface area contributed by atoms with E-state index in [0.29, 0.717) is 11.6 Å². The first-order chi connectivity index (χ1) is 9.08. The molecule has 2 rings (SSSR count). The average molecular weight is 279 g/mol. The smallest absolute Gasteiger partial charge is 0.339 e. The number of rotatable bonds is 5. The number of nitrogens with zero attached hydrogens (tertiary/aromatic N) is 2. The number of carboxylic acid groups (broad SMARTS) is 1. The Bertz CT molecular complexity index is 572. The fraction of sp³-hybridized carbons (Fsp3) is 0.250. The predicted molar refractivity (Wildman–Crippen MR) is 71.5 cm³/mol. The molecule has 0 saturated carbocycles. The minimum absolute atomic E-state index is 0.0731. The van der Waals surface area contributed by atoms with Gasteiger partial charge in [-0.05, 0) is 29.3 Å². The number of aromatic carboxylic acids is 1. The van der Waals surface area contributed by atoms with E-state index in [1.807, 2.05) is 16.8 Å². The van der Waals surface area contributed by atoms with Gasteiger partial charge in [-0.25, -0.2) is 14.8 Å². The Morgan fingerprint density at radius 3 is 2.95 bits per heavy atom. The van der Waals surface area contributed by atoms with Crippen molar-refractivity contribution in [3.8, 4) is 0 Å². The first kappa shape index (κ1) is 13.4. The number of carboxylic acids is 1. The van der Waals surface area contributed by atoms with E-state index in [-0.39, 0.29) is 12.1 Å². The van der Waals surface area contributed by atoms with Crippen molar-refractivity contribution >= 4 is 23.3 Å². The number of thiophene rings is 1. The summed E-state index contributed by atoms with van der Waals surface area (Å²) in [5, 5.41) is 25.4. The normalized spacial score (nSPS) is 12.1. The number of anilines is 1. The molecule has 0 bridgehead atoms. The van der Waals surface area contributed by atoms with Crippen LogP contribution in [0.4, 0.5) is 5.95 Å². The van der Waals surface area contributed by atoms with Gasteiger partial charge in [0.15, 0.2) is 0 Å². The number of aliphatic hydroxyl groups is 1. The van der Waals surface area contributed by atoms with E-state index in [1.165, 1.54) is 17.5 Å². The highest BCUT2D eigenvalue weighted by atomic mass is 32.1. The van der Waals surface area contributed by atoms with Crippen molar-refractivity contribution in [2.24, 2.45) is 0 Å². The van der Waals surface area contributed by atoms with Gasteiger partial charge in [-0.3, -0.25) is 0 Å². The third kappa shape index (κ3) is 3.27. The van der Waals surface area contributed by atoms with Gasteiger partial charge in [0.25, 0.3) is 0 Å². The van der Waals surface area contributed by atoms with Gasteiger partial charge in [0.2, 0.25) is 5.95 Å². The van der Waals surface area contributed by atoms with Crippen LogP contribution in [-0.2, 0) is 0 Å². The number of hydrogen-bond donors (Lipinski definition) is 3. The average Bonchev–Trinajstić information content (AvgIpc) is 2.89. The van der Waals surface area contributed by atoms with Gasteiger partial charge in [0, 0.05) is 12.7 Å². The molecule has 0 aliphatic carbocycles. The Balaban J connectivity index is 2.00. The molecule has 0 aromatic carbocycles. The molecule has 0 radical (unpaired) electrons. The highest BCUT2D eigenvalue weighted by Gasteiger charge is 2.11. The van der Waals surface area contributed by atoms with E-state index in [9.17, 15) is 9.90 Å². The van der Waals surface area contributed by atoms with Crippen molar-refractivity contribution in [1.82, 2.24) is 9.97 Å². The maximum absolute atomic E-state index is 10.8. The minimum atomic E-state index is -1.05. The molecule has 3 N–H and O–H groups in total. The molecule has 1 unspecified atom stereocenters. The van der Waals surface area contributed by atoms with Gasteiger partial charge < -0.3 is 15.5 Å². The number of nitrogens with one attached hydrogen (secondary N) is 1. The summed E-state index contributed by atoms with van der Waals surface area (Å²) in [6.07, 6.45) is 0.610. The number of carbonyl (C=O) groups is 1. The molecule has 2 aromatic heterocycles. The predicted octanol–water partition coefficient (Wildman–Crippen LogP) is 1.69. The van der Waals surface area contributed by atoms with Crippen LogP contribution in [0.15, 0.2) is 23.0 Å². The van der Waals surface area contributed by atoms with Crippen molar-refractivity contribution in [3.63, 3.8) is 0 Å². The van der Waals surface area contributed by atoms with E-state index in [1.54, 1.807) is 6.92 Å². The third-order valence-corrected chi connectivity index (χ3v) is 3.29. The Morgan fingerprint density at radius 2 is 2.37 bits per heavy atom. The second-order valence-corrected chi connectivity index (χ2v) is 4.73. The highest BCUT2D eigenvalue weighted by molar-refractivity contribution is 7.07. The summed E-state index contributed by atoms with van der Waals surface area (Å²) >= 11 is 1.51. The number of aromatic nitrogens is 2. The van der Waals surface area contributed by atoms with Crippen LogP contribution >= 0.6 is 11.3 Å². The van der Waals surface area contributed by atoms with E-state index in [0.717, 1.165) is 5.56 Å². The van der Waals surface area contributed by atoms with Gasteiger partial charge in [-0.1, -0.05) is 0 Å². The maximum atomic E-state index is 10.8. The molecule has 2 aromatic rings. The molecule has 0 aliphatic heterocycles. The van der Waals surface area contributed by atoms with Crippen LogP contribution in [0.25, 0.3) is 0 Å². The largest absolute Gasteiger partial charge is 0.478 e. The Labute approximate surface area is 113 Å². The van der Waals surface area contributed by atoms with Crippen molar-refractivity contribution in [1.29, 1.82) is 0 Å². The molecule has 7 heteroatoms. The zero-order chi connectivity index (χ0) is 13.8. The zero-order valence-electron chi connectivity index (χ0n) is 10.2. The van der Waals surface area contributed by atoms with Gasteiger partial charge in [0.05, 0.1) is 17.4 Å². The summed E-state index contributed by atoms with van der Waals surface area (Å²) in [5.41, 5.74) is 1.29. The maximum Gasteiger partial charge on any atom is 0.339 e. The van der Waals surface area contributed by atoms with Crippen molar-refractivity contribution in [2.45, 2.75) is 13.0 Å². The first-order valence-corrected chi connectivity index (χ1v) is 6.53. The lowest BCUT2D eigenvalue weighted by Crippen LogP contribution is -2.14. The summed E-state index contributed by atoms with van der Waals surface area (Å²) in [4.78, 5) is 18.8. The minimum Gasteiger partial charge on any atom is -0.478 e. The number of hydrogen-bond acceptors (Lipinski definition) is 6. The summed E-state index contributed by atoms with van der Waals surface area (Å²) in [7, 11) is 0. The van der Waals surface area contributed by atoms with Crippen molar-refractivity contribution in [2.75, 3.05) is 11.9 Å². The Hall–Kier alpha value is -1.99. The highest BCUT2D eigenvalue weighted by Crippen LogP contribution is 2.16. The topological polar surface area (TPSA) is 95.3 Å². The van der Waals surface area contributed by atoms with Crippen LogP contribution in [-0.4, -0.2) is 32.7 Å². The van der Waals surface area contributed by atoms with Crippen molar-refractivity contribution in [3.05, 3.63) is 39.8 Å². The van der Waals surface area contributed by atoms with Crippen molar-refractivity contribution < 1.29 is 15.0 Å². The standard InChI is InChI=1S/C12H13N3O3S/c1-7-9(11(17)18)4-13-12(15-7)14-5-10(16)8-2-3-19-6-8/h2-4,6,10,16H,5H2,1H3,(H,17,18)(H,13,14,15). The molecule has 1 atom stereocenters. The second-order valence-electron chi connectivity index (χ2n) is 3.95. The molecule has 0 aliphatic rings. The quantitative estimate of drug-likeness (QED) is 0.771. The molecule has 2 heterocycles. The SMILES string of the molecule is Cc1nc(NCC(O)c2ccsc2)ncc1C(=O)O. The lowest BCUT2D eigenvalue weighted by Gasteiger charge is -2.11. The van der Waals surface area contributed by atoms with Gasteiger partial charge in [-0.2, -0.15) is 11.3 Å². The Kier molecular flexibility index (Phi) is 4.08.